The highest BCUT2D eigenvalue weighted by molar-refractivity contribution is 6.03. The second kappa shape index (κ2) is 7.61. The van der Waals surface area contributed by atoms with Gasteiger partial charge in [0.2, 0.25) is 0 Å². The van der Waals surface area contributed by atoms with Gasteiger partial charge in [-0.25, -0.2) is 4.79 Å². The minimum atomic E-state index is -0.627. The first-order valence-corrected chi connectivity index (χ1v) is 8.09. The number of ether oxygens (including phenoxy) is 1. The fraction of sp³-hybridized carbons (Fsp3) is 0.0952. The number of hydrogen-bond acceptors (Lipinski definition) is 5. The topological polar surface area (TPSA) is 71.2 Å². The number of benzene rings is 3. The Morgan fingerprint density at radius 3 is 2.19 bits per heavy atom. The molecule has 0 saturated carbocycles. The molecule has 0 aliphatic rings. The molecule has 0 heterocycles. The smallest absolute Gasteiger partial charge is 0.342 e. The molecule has 0 amide bonds. The van der Waals surface area contributed by atoms with Crippen LogP contribution in [0.5, 0.6) is 5.75 Å². The summed E-state index contributed by atoms with van der Waals surface area (Å²) in [4.78, 5) is 12.3. The lowest BCUT2D eigenvalue weighted by Gasteiger charge is -2.15. The molecule has 0 saturated heterocycles. The summed E-state index contributed by atoms with van der Waals surface area (Å²) in [7, 11) is 1.28. The molecule has 0 bridgehead atoms. The number of nitrogens with zero attached hydrogens (tertiary/aromatic N) is 2. The minimum absolute atomic E-state index is 0.0753. The number of aryl methyl sites for hydroxylation is 1. The zero-order valence-corrected chi connectivity index (χ0v) is 14.5. The molecule has 1 N–H and O–H groups in total. The number of azo groups is 1. The molecule has 0 spiro atoms. The van der Waals surface area contributed by atoms with Gasteiger partial charge in [0.25, 0.3) is 0 Å². The Morgan fingerprint density at radius 2 is 1.58 bits per heavy atom. The van der Waals surface area contributed by atoms with Crippen molar-refractivity contribution < 1.29 is 14.6 Å². The summed E-state index contributed by atoms with van der Waals surface area (Å²) in [5, 5.41) is 19.0. The monoisotopic (exact) mass is 346 g/mol. The average Bonchev–Trinajstić information content (AvgIpc) is 2.67. The zero-order valence-electron chi connectivity index (χ0n) is 14.5. The molecule has 0 aliphatic carbocycles. The predicted octanol–water partition coefficient (Wildman–Crippen LogP) is 5.57. The number of phenolic OH excluding ortho intramolecular Hbond substituents is 1. The molecule has 3 rings (SSSR count). The highest BCUT2D eigenvalue weighted by atomic mass is 16.5. The molecule has 3 aromatic rings. The molecule has 0 atom stereocenters. The van der Waals surface area contributed by atoms with Crippen LogP contribution in [0.3, 0.4) is 0 Å². The third-order valence-corrected chi connectivity index (χ3v) is 3.94. The summed E-state index contributed by atoms with van der Waals surface area (Å²) in [6, 6.07) is 20.1. The maximum Gasteiger partial charge on any atom is 0.342 e. The lowest BCUT2D eigenvalue weighted by atomic mass is 9.94. The molecule has 5 heteroatoms. The van der Waals surface area contributed by atoms with Crippen LogP contribution in [0.4, 0.5) is 11.4 Å². The molecule has 130 valence electrons. The Balaban J connectivity index is 2.26. The van der Waals surface area contributed by atoms with Gasteiger partial charge >= 0.3 is 5.97 Å². The maximum absolute atomic E-state index is 12.3. The van der Waals surface area contributed by atoms with E-state index >= 15 is 0 Å². The van der Waals surface area contributed by atoms with Crippen LogP contribution in [-0.4, -0.2) is 18.2 Å². The van der Waals surface area contributed by atoms with Crippen LogP contribution in [0.2, 0.25) is 0 Å². The van der Waals surface area contributed by atoms with Crippen molar-refractivity contribution in [1.29, 1.82) is 0 Å². The van der Waals surface area contributed by atoms with Gasteiger partial charge in [0.05, 0.1) is 18.5 Å². The van der Waals surface area contributed by atoms with E-state index in [1.54, 1.807) is 0 Å². The molecule has 0 aromatic heterocycles. The molecule has 0 unspecified atom stereocenters. The summed E-state index contributed by atoms with van der Waals surface area (Å²) in [6.07, 6.45) is 0. The van der Waals surface area contributed by atoms with Crippen molar-refractivity contribution in [3.05, 3.63) is 77.9 Å². The van der Waals surface area contributed by atoms with Crippen LogP contribution in [-0.2, 0) is 4.74 Å². The third-order valence-electron chi connectivity index (χ3n) is 3.94. The van der Waals surface area contributed by atoms with E-state index in [-0.39, 0.29) is 11.3 Å². The number of hydrogen-bond donors (Lipinski definition) is 1. The van der Waals surface area contributed by atoms with E-state index < -0.39 is 5.97 Å². The second-order valence-corrected chi connectivity index (χ2v) is 5.70. The van der Waals surface area contributed by atoms with Crippen LogP contribution in [0.15, 0.2) is 77.0 Å². The highest BCUT2D eigenvalue weighted by Crippen LogP contribution is 2.42. The highest BCUT2D eigenvalue weighted by Gasteiger charge is 2.23. The number of methoxy groups -OCH3 is 1. The second-order valence-electron chi connectivity index (χ2n) is 5.70. The van der Waals surface area contributed by atoms with E-state index in [9.17, 15) is 9.90 Å². The van der Waals surface area contributed by atoms with Crippen LogP contribution < -0.4 is 0 Å². The molecule has 0 fully saturated rings. The normalized spacial score (nSPS) is 10.8. The molecular formula is C21H18N2O3. The van der Waals surface area contributed by atoms with Gasteiger partial charge < -0.3 is 9.84 Å². The van der Waals surface area contributed by atoms with Crippen LogP contribution in [0.25, 0.3) is 11.1 Å². The van der Waals surface area contributed by atoms with Gasteiger partial charge in [0.1, 0.15) is 11.3 Å². The van der Waals surface area contributed by atoms with Crippen molar-refractivity contribution in [2.75, 3.05) is 7.11 Å². The van der Waals surface area contributed by atoms with E-state index in [4.69, 9.17) is 4.74 Å². The molecule has 3 aromatic carbocycles. The van der Waals surface area contributed by atoms with Gasteiger partial charge in [0, 0.05) is 5.56 Å². The first-order chi connectivity index (χ1) is 12.6. The van der Waals surface area contributed by atoms with Crippen molar-refractivity contribution in [1.82, 2.24) is 0 Å². The Morgan fingerprint density at radius 1 is 0.962 bits per heavy atom. The summed E-state index contributed by atoms with van der Waals surface area (Å²) in [5.41, 5.74) is 3.22. The van der Waals surface area contributed by atoms with Gasteiger partial charge in [-0.3, -0.25) is 0 Å². The zero-order chi connectivity index (χ0) is 18.5. The predicted molar refractivity (Wildman–Crippen MR) is 100 cm³/mol. The fourth-order valence-electron chi connectivity index (χ4n) is 2.72. The van der Waals surface area contributed by atoms with Crippen molar-refractivity contribution in [2.24, 2.45) is 10.2 Å². The van der Waals surface area contributed by atoms with Crippen LogP contribution >= 0.6 is 0 Å². The fourth-order valence-corrected chi connectivity index (χ4v) is 2.72. The van der Waals surface area contributed by atoms with Crippen molar-refractivity contribution in [3.8, 4) is 16.9 Å². The average molecular weight is 346 g/mol. The molecule has 0 radical (unpaired) electrons. The van der Waals surface area contributed by atoms with Gasteiger partial charge in [-0.1, -0.05) is 48.5 Å². The lowest BCUT2D eigenvalue weighted by molar-refractivity contribution is 0.0598. The first-order valence-electron chi connectivity index (χ1n) is 8.09. The molecule has 5 nitrogen and oxygen atoms in total. The van der Waals surface area contributed by atoms with Gasteiger partial charge in [-0.2, -0.15) is 5.11 Å². The van der Waals surface area contributed by atoms with Crippen molar-refractivity contribution >= 4 is 17.3 Å². The quantitative estimate of drug-likeness (QED) is 0.496. The Labute approximate surface area is 151 Å². The summed E-state index contributed by atoms with van der Waals surface area (Å²) < 4.78 is 4.87. The number of carbonyl (C=O) groups excluding carboxylic acids is 1. The first kappa shape index (κ1) is 17.4. The molecular weight excluding hydrogens is 328 g/mol. The van der Waals surface area contributed by atoms with E-state index in [2.05, 4.69) is 10.2 Å². The van der Waals surface area contributed by atoms with E-state index in [0.717, 1.165) is 5.56 Å². The number of phenols is 1. The summed E-state index contributed by atoms with van der Waals surface area (Å²) >= 11 is 0. The Bertz CT molecular complexity index is 952. The van der Waals surface area contributed by atoms with E-state index in [0.29, 0.717) is 22.5 Å². The van der Waals surface area contributed by atoms with Gasteiger partial charge in [-0.15, -0.1) is 5.11 Å². The van der Waals surface area contributed by atoms with Gasteiger partial charge in [0.15, 0.2) is 0 Å². The van der Waals surface area contributed by atoms with Crippen LogP contribution in [0.1, 0.15) is 15.9 Å². The van der Waals surface area contributed by atoms with Crippen LogP contribution in [0, 0.1) is 6.92 Å². The third kappa shape index (κ3) is 3.47. The van der Waals surface area contributed by atoms with E-state index in [1.807, 2.05) is 67.6 Å². The Kier molecular flexibility index (Phi) is 5.08. The summed E-state index contributed by atoms with van der Waals surface area (Å²) in [6.45, 7) is 1.81. The number of aromatic hydroxyl groups is 1. The maximum atomic E-state index is 12.3. The lowest BCUT2D eigenvalue weighted by Crippen LogP contribution is -2.05. The Hall–Kier alpha value is -3.47. The van der Waals surface area contributed by atoms with Crippen molar-refractivity contribution in [3.63, 3.8) is 0 Å². The van der Waals surface area contributed by atoms with Gasteiger partial charge in [-0.05, 0) is 36.2 Å². The summed E-state index contributed by atoms with van der Waals surface area (Å²) in [5.74, 6) is -0.774. The number of carbonyl (C=O) groups is 1. The molecule has 26 heavy (non-hydrogen) atoms. The number of esters is 1. The standard InChI is InChI=1S/C21H18N2O3/c1-14-13-17(24)19(21(25)26-2)18(15-9-5-3-6-10-15)20(14)23-22-16-11-7-4-8-12-16/h3-13,24H,1-2H3. The minimum Gasteiger partial charge on any atom is -0.507 e. The SMILES string of the molecule is COC(=O)c1c(O)cc(C)c(N=Nc2ccccc2)c1-c1ccccc1. The van der Waals surface area contributed by atoms with E-state index in [1.165, 1.54) is 13.2 Å². The number of rotatable bonds is 4. The molecule has 0 aliphatic heterocycles. The van der Waals surface area contributed by atoms with Crippen molar-refractivity contribution in [2.45, 2.75) is 6.92 Å². The largest absolute Gasteiger partial charge is 0.507 e.